The van der Waals surface area contributed by atoms with Gasteiger partial charge in [0.2, 0.25) is 10.0 Å². The molecule has 0 bridgehead atoms. The van der Waals surface area contributed by atoms with E-state index in [2.05, 4.69) is 15.9 Å². The number of piperidine rings is 1. The Morgan fingerprint density at radius 3 is 2.52 bits per heavy atom. The summed E-state index contributed by atoms with van der Waals surface area (Å²) in [5.41, 5.74) is -0.0668. The summed E-state index contributed by atoms with van der Waals surface area (Å²) in [5, 5.41) is 9.08. The maximum atomic E-state index is 12.5. The van der Waals surface area contributed by atoms with Crippen LogP contribution in [0.2, 0.25) is 0 Å². The van der Waals surface area contributed by atoms with Crippen LogP contribution >= 0.6 is 15.9 Å². The van der Waals surface area contributed by atoms with Gasteiger partial charge in [0, 0.05) is 24.7 Å². The lowest BCUT2D eigenvalue weighted by atomic mass is 10.1. The molecule has 1 saturated heterocycles. The third-order valence-electron chi connectivity index (χ3n) is 3.54. The molecule has 21 heavy (non-hydrogen) atoms. The normalized spacial score (nSPS) is 17.8. The number of rotatable bonds is 4. The molecule has 1 aliphatic heterocycles. The summed E-state index contributed by atoms with van der Waals surface area (Å²) in [6, 6.07) is 4.04. The number of hydrogen-bond donors (Lipinski definition) is 1. The van der Waals surface area contributed by atoms with Crippen molar-refractivity contribution in [3.8, 4) is 0 Å². The van der Waals surface area contributed by atoms with Gasteiger partial charge >= 0.3 is 5.97 Å². The van der Waals surface area contributed by atoms with E-state index in [1.54, 1.807) is 7.11 Å². The highest BCUT2D eigenvalue weighted by atomic mass is 79.9. The third kappa shape index (κ3) is 3.45. The number of carbonyl (C=O) groups is 1. The smallest absolute Gasteiger partial charge is 0.336 e. The average Bonchev–Trinajstić information content (AvgIpc) is 2.47. The number of sulfonamides is 1. The Labute approximate surface area is 131 Å². The van der Waals surface area contributed by atoms with Crippen LogP contribution in [0.4, 0.5) is 0 Å². The van der Waals surface area contributed by atoms with E-state index < -0.39 is 16.0 Å². The summed E-state index contributed by atoms with van der Waals surface area (Å²) in [7, 11) is -2.06. The maximum absolute atomic E-state index is 12.5. The van der Waals surface area contributed by atoms with Gasteiger partial charge in [-0.15, -0.1) is 0 Å². The lowest BCUT2D eigenvalue weighted by molar-refractivity contribution is 0.0604. The van der Waals surface area contributed by atoms with E-state index in [0.717, 1.165) is 0 Å². The molecule has 0 unspecified atom stereocenters. The molecule has 0 aromatic heterocycles. The van der Waals surface area contributed by atoms with Crippen molar-refractivity contribution >= 4 is 31.9 Å². The van der Waals surface area contributed by atoms with E-state index in [-0.39, 0.29) is 16.6 Å². The molecule has 0 spiro atoms. The molecule has 6 nitrogen and oxygen atoms in total. The minimum absolute atomic E-state index is 0.000957. The first kappa shape index (κ1) is 16.4. The van der Waals surface area contributed by atoms with Crippen molar-refractivity contribution in [3.63, 3.8) is 0 Å². The van der Waals surface area contributed by atoms with Crippen molar-refractivity contribution in [2.24, 2.45) is 0 Å². The molecule has 8 heteroatoms. The zero-order valence-electron chi connectivity index (χ0n) is 11.5. The molecule has 1 heterocycles. The van der Waals surface area contributed by atoms with Crippen molar-refractivity contribution in [2.45, 2.75) is 23.8 Å². The molecule has 0 atom stereocenters. The van der Waals surface area contributed by atoms with Gasteiger partial charge in [-0.05, 0) is 47.0 Å². The number of benzene rings is 1. The van der Waals surface area contributed by atoms with Crippen LogP contribution in [0.3, 0.4) is 0 Å². The highest BCUT2D eigenvalue weighted by Gasteiger charge is 2.30. The van der Waals surface area contributed by atoms with Crippen LogP contribution < -0.4 is 0 Å². The molecule has 1 aromatic carbocycles. The summed E-state index contributed by atoms with van der Waals surface area (Å²) in [4.78, 5) is 11.1. The topological polar surface area (TPSA) is 83.9 Å². The van der Waals surface area contributed by atoms with Gasteiger partial charge in [0.25, 0.3) is 0 Å². The second kappa shape index (κ2) is 6.43. The van der Waals surface area contributed by atoms with Gasteiger partial charge in [0.15, 0.2) is 0 Å². The zero-order chi connectivity index (χ0) is 15.6. The summed E-state index contributed by atoms with van der Waals surface area (Å²) in [6.45, 7) is 0.749. The van der Waals surface area contributed by atoms with Crippen LogP contribution in [-0.4, -0.2) is 50.1 Å². The van der Waals surface area contributed by atoms with E-state index in [0.29, 0.717) is 30.4 Å². The number of ether oxygens (including phenoxy) is 1. The van der Waals surface area contributed by atoms with E-state index in [1.165, 1.54) is 22.5 Å². The fourth-order valence-electron chi connectivity index (χ4n) is 2.29. The number of carboxylic acid groups (broad SMARTS) is 1. The summed E-state index contributed by atoms with van der Waals surface area (Å²) >= 11 is 3.11. The van der Waals surface area contributed by atoms with E-state index in [9.17, 15) is 13.2 Å². The van der Waals surface area contributed by atoms with Crippen molar-refractivity contribution in [1.82, 2.24) is 4.31 Å². The van der Waals surface area contributed by atoms with Gasteiger partial charge in [-0.25, -0.2) is 13.2 Å². The van der Waals surface area contributed by atoms with Crippen LogP contribution in [0, 0.1) is 0 Å². The molecule has 0 saturated carbocycles. The molecule has 0 aliphatic carbocycles. The molecule has 116 valence electrons. The zero-order valence-corrected chi connectivity index (χ0v) is 13.9. The molecule has 0 radical (unpaired) electrons. The van der Waals surface area contributed by atoms with E-state index in [1.807, 2.05) is 0 Å². The summed E-state index contributed by atoms with van der Waals surface area (Å²) in [5.74, 6) is -1.17. The van der Waals surface area contributed by atoms with Crippen LogP contribution in [0.5, 0.6) is 0 Å². The van der Waals surface area contributed by atoms with Gasteiger partial charge in [-0.2, -0.15) is 4.31 Å². The SMILES string of the molecule is COC1CCN(S(=O)(=O)c2ccc(Br)c(C(=O)O)c2)CC1. The van der Waals surface area contributed by atoms with Crippen LogP contribution in [0.25, 0.3) is 0 Å². The standard InChI is InChI=1S/C13H16BrNO5S/c1-20-9-4-6-15(7-5-9)21(18,19)10-2-3-12(14)11(8-10)13(16)17/h2-3,8-9H,4-7H2,1H3,(H,16,17). The Balaban J connectivity index is 2.28. The molecular formula is C13H16BrNO5S. The number of nitrogens with zero attached hydrogens (tertiary/aromatic N) is 1. The summed E-state index contributed by atoms with van der Waals surface area (Å²) < 4.78 is 32.0. The number of methoxy groups -OCH3 is 1. The van der Waals surface area contributed by atoms with Crippen molar-refractivity contribution in [1.29, 1.82) is 0 Å². The van der Waals surface area contributed by atoms with Gasteiger partial charge < -0.3 is 9.84 Å². The molecule has 1 aromatic rings. The van der Waals surface area contributed by atoms with Crippen LogP contribution in [0.15, 0.2) is 27.6 Å². The number of carboxylic acids is 1. The molecule has 1 fully saturated rings. The number of hydrogen-bond acceptors (Lipinski definition) is 4. The van der Waals surface area contributed by atoms with Crippen molar-refractivity contribution in [3.05, 3.63) is 28.2 Å². The summed E-state index contributed by atoms with van der Waals surface area (Å²) in [6.07, 6.45) is 1.35. The lowest BCUT2D eigenvalue weighted by Gasteiger charge is -2.30. The minimum Gasteiger partial charge on any atom is -0.478 e. The Morgan fingerprint density at radius 2 is 2.00 bits per heavy atom. The van der Waals surface area contributed by atoms with Gasteiger partial charge in [-0.1, -0.05) is 0 Å². The van der Waals surface area contributed by atoms with Gasteiger partial charge in [0.1, 0.15) is 0 Å². The predicted octanol–water partition coefficient (Wildman–Crippen LogP) is 1.95. The molecular weight excluding hydrogens is 362 g/mol. The Kier molecular flexibility index (Phi) is 5.03. The largest absolute Gasteiger partial charge is 0.478 e. The van der Waals surface area contributed by atoms with Crippen molar-refractivity contribution in [2.75, 3.05) is 20.2 Å². The first-order chi connectivity index (χ1) is 9.86. The lowest BCUT2D eigenvalue weighted by Crippen LogP contribution is -2.40. The molecule has 1 aliphatic rings. The van der Waals surface area contributed by atoms with E-state index >= 15 is 0 Å². The Morgan fingerprint density at radius 1 is 1.38 bits per heavy atom. The van der Waals surface area contributed by atoms with Crippen LogP contribution in [-0.2, 0) is 14.8 Å². The van der Waals surface area contributed by atoms with Gasteiger partial charge in [-0.3, -0.25) is 0 Å². The first-order valence-electron chi connectivity index (χ1n) is 6.42. The third-order valence-corrected chi connectivity index (χ3v) is 6.13. The van der Waals surface area contributed by atoms with E-state index in [4.69, 9.17) is 9.84 Å². The Bertz CT molecular complexity index is 638. The fourth-order valence-corrected chi connectivity index (χ4v) is 4.20. The quantitative estimate of drug-likeness (QED) is 0.866. The average molecular weight is 378 g/mol. The predicted molar refractivity (Wildman–Crippen MR) is 79.9 cm³/mol. The van der Waals surface area contributed by atoms with Gasteiger partial charge in [0.05, 0.1) is 16.6 Å². The molecule has 0 amide bonds. The maximum Gasteiger partial charge on any atom is 0.336 e. The number of aromatic carboxylic acids is 1. The number of halogens is 1. The minimum atomic E-state index is -3.67. The highest BCUT2D eigenvalue weighted by molar-refractivity contribution is 9.10. The van der Waals surface area contributed by atoms with Crippen LogP contribution in [0.1, 0.15) is 23.2 Å². The fraction of sp³-hybridized carbons (Fsp3) is 0.462. The van der Waals surface area contributed by atoms with Crippen molar-refractivity contribution < 1.29 is 23.1 Å². The molecule has 1 N–H and O–H groups in total. The highest BCUT2D eigenvalue weighted by Crippen LogP contribution is 2.25. The second-order valence-corrected chi connectivity index (χ2v) is 7.58. The first-order valence-corrected chi connectivity index (χ1v) is 8.65. The Hall–Kier alpha value is -0.960. The second-order valence-electron chi connectivity index (χ2n) is 4.79. The molecule has 2 rings (SSSR count). The monoisotopic (exact) mass is 377 g/mol.